The van der Waals surface area contributed by atoms with Crippen LogP contribution in [0.1, 0.15) is 6.42 Å². The van der Waals surface area contributed by atoms with Gasteiger partial charge in [-0.1, -0.05) is 0 Å². The predicted octanol–water partition coefficient (Wildman–Crippen LogP) is 0.176. The van der Waals surface area contributed by atoms with Crippen LogP contribution in [0.25, 0.3) is 0 Å². The number of nitrogens with one attached hydrogen (secondary N) is 1. The molecule has 1 saturated heterocycles. The number of carbonyl (C=O) groups is 2. The first-order valence-electron chi connectivity index (χ1n) is 7.06. The number of fused-ring (bicyclic) bond motifs is 3. The highest BCUT2D eigenvalue weighted by Gasteiger charge is 2.73. The van der Waals surface area contributed by atoms with Crippen LogP contribution in [0.3, 0.4) is 0 Å². The minimum absolute atomic E-state index is 0.0343. The van der Waals surface area contributed by atoms with E-state index in [1.165, 1.54) is 20.4 Å². The van der Waals surface area contributed by atoms with Crippen LogP contribution in [0.5, 0.6) is 0 Å². The molecule has 22 heavy (non-hydrogen) atoms. The molecule has 5 atom stereocenters. The molecule has 0 spiro atoms. The van der Waals surface area contributed by atoms with E-state index in [9.17, 15) is 9.59 Å². The van der Waals surface area contributed by atoms with E-state index in [4.69, 9.17) is 23.7 Å². The van der Waals surface area contributed by atoms with E-state index in [2.05, 4.69) is 5.32 Å². The van der Waals surface area contributed by atoms with Gasteiger partial charge in [-0.3, -0.25) is 0 Å². The quantitative estimate of drug-likeness (QED) is 0.584. The average molecular weight is 313 g/mol. The van der Waals surface area contributed by atoms with Crippen molar-refractivity contribution in [3.8, 4) is 0 Å². The molecule has 1 N–H and O–H groups in total. The van der Waals surface area contributed by atoms with Gasteiger partial charge in [-0.15, -0.1) is 0 Å². The number of ether oxygens (including phenoxy) is 5. The standard InChI is InChI=1S/C14H19NO7/c1-15-13(17)21-12-10-7(8(5-20-12)11(16)19-3)4-9-14(10,22-9)6-18-2/h5,7,9-10,12H,4,6H2,1-3H3,(H,15,17)/t7?,9?,10?,12?,14-/m0/s1. The van der Waals surface area contributed by atoms with Gasteiger partial charge < -0.3 is 29.0 Å². The maximum absolute atomic E-state index is 11.9. The van der Waals surface area contributed by atoms with Crippen molar-refractivity contribution in [2.45, 2.75) is 24.4 Å². The van der Waals surface area contributed by atoms with Crippen LogP contribution in [0.15, 0.2) is 11.8 Å². The summed E-state index contributed by atoms with van der Waals surface area (Å²) >= 11 is 0. The zero-order valence-corrected chi connectivity index (χ0v) is 12.7. The summed E-state index contributed by atoms with van der Waals surface area (Å²) in [7, 11) is 4.37. The number of rotatable bonds is 4. The van der Waals surface area contributed by atoms with Crippen molar-refractivity contribution in [3.63, 3.8) is 0 Å². The van der Waals surface area contributed by atoms with Gasteiger partial charge in [0.05, 0.1) is 37.6 Å². The number of alkyl carbamates (subject to hydrolysis) is 1. The first-order chi connectivity index (χ1) is 10.6. The summed E-state index contributed by atoms with van der Waals surface area (Å²) in [5, 5.41) is 2.38. The third kappa shape index (κ3) is 2.14. The molecule has 1 aliphatic carbocycles. The van der Waals surface area contributed by atoms with Gasteiger partial charge >= 0.3 is 12.1 Å². The lowest BCUT2D eigenvalue weighted by atomic mass is 9.81. The summed E-state index contributed by atoms with van der Waals surface area (Å²) in [5.41, 5.74) is -0.137. The molecule has 4 unspecified atom stereocenters. The fourth-order valence-electron chi connectivity index (χ4n) is 3.57. The van der Waals surface area contributed by atoms with Crippen molar-refractivity contribution in [3.05, 3.63) is 11.8 Å². The van der Waals surface area contributed by atoms with E-state index in [1.807, 2.05) is 0 Å². The Kier molecular flexibility index (Phi) is 3.73. The van der Waals surface area contributed by atoms with Crippen LogP contribution in [0.4, 0.5) is 4.79 Å². The van der Waals surface area contributed by atoms with E-state index in [-0.39, 0.29) is 17.9 Å². The Hall–Kier alpha value is -1.80. The molecule has 0 radical (unpaired) electrons. The van der Waals surface area contributed by atoms with Gasteiger partial charge in [0.15, 0.2) is 0 Å². The maximum atomic E-state index is 11.9. The molecule has 0 bridgehead atoms. The number of carbonyl (C=O) groups excluding carboxylic acids is 2. The van der Waals surface area contributed by atoms with Gasteiger partial charge in [-0.25, -0.2) is 9.59 Å². The molecule has 2 heterocycles. The average Bonchev–Trinajstić information content (AvgIpc) is 3.11. The van der Waals surface area contributed by atoms with Gasteiger partial charge in [-0.2, -0.15) is 0 Å². The maximum Gasteiger partial charge on any atom is 0.409 e. The highest BCUT2D eigenvalue weighted by atomic mass is 16.7. The van der Waals surface area contributed by atoms with Gasteiger partial charge in [0.2, 0.25) is 0 Å². The molecule has 8 nitrogen and oxygen atoms in total. The highest BCUT2D eigenvalue weighted by molar-refractivity contribution is 5.89. The Bertz CT molecular complexity index is 519. The zero-order valence-electron chi connectivity index (χ0n) is 12.7. The Balaban J connectivity index is 1.88. The molecule has 3 aliphatic rings. The number of hydrogen-bond acceptors (Lipinski definition) is 7. The second-order valence-corrected chi connectivity index (χ2v) is 5.59. The lowest BCUT2D eigenvalue weighted by molar-refractivity contribution is -0.154. The number of esters is 1. The lowest BCUT2D eigenvalue weighted by Gasteiger charge is -2.36. The van der Waals surface area contributed by atoms with E-state index >= 15 is 0 Å². The fraction of sp³-hybridized carbons (Fsp3) is 0.714. The van der Waals surface area contributed by atoms with Crippen molar-refractivity contribution < 1.29 is 33.3 Å². The molecule has 0 aromatic heterocycles. The van der Waals surface area contributed by atoms with E-state index < -0.39 is 24.0 Å². The largest absolute Gasteiger partial charge is 0.466 e. The first kappa shape index (κ1) is 15.1. The monoisotopic (exact) mass is 313 g/mol. The molecule has 2 fully saturated rings. The second-order valence-electron chi connectivity index (χ2n) is 5.59. The Morgan fingerprint density at radius 3 is 2.86 bits per heavy atom. The number of methoxy groups -OCH3 is 2. The van der Waals surface area contributed by atoms with Crippen molar-refractivity contribution in [2.75, 3.05) is 27.9 Å². The molecule has 2 aliphatic heterocycles. The molecule has 3 rings (SSSR count). The summed E-state index contributed by atoms with van der Waals surface area (Å²) in [6, 6.07) is 0. The second kappa shape index (κ2) is 5.44. The van der Waals surface area contributed by atoms with Gasteiger partial charge in [0, 0.05) is 20.1 Å². The topological polar surface area (TPSA) is 95.6 Å². The molecular weight excluding hydrogens is 294 g/mol. The SMILES string of the molecule is CNC(=O)OC1OC=C(C(=O)OC)C2CC3O[C@]3(COC)C12. The predicted molar refractivity (Wildman–Crippen MR) is 71.6 cm³/mol. The fourth-order valence-corrected chi connectivity index (χ4v) is 3.57. The zero-order chi connectivity index (χ0) is 15.9. The third-order valence-electron chi connectivity index (χ3n) is 4.56. The molecule has 8 heteroatoms. The van der Waals surface area contributed by atoms with Crippen molar-refractivity contribution in [2.24, 2.45) is 11.8 Å². The molecule has 0 aromatic carbocycles. The minimum Gasteiger partial charge on any atom is -0.466 e. The van der Waals surface area contributed by atoms with Crippen LogP contribution < -0.4 is 5.32 Å². The van der Waals surface area contributed by atoms with Gasteiger partial charge in [-0.05, 0) is 6.42 Å². The van der Waals surface area contributed by atoms with Crippen LogP contribution in [0, 0.1) is 11.8 Å². The highest BCUT2D eigenvalue weighted by Crippen LogP contribution is 2.61. The molecular formula is C14H19NO7. The Morgan fingerprint density at radius 1 is 1.45 bits per heavy atom. The normalized spacial score (nSPS) is 38.0. The van der Waals surface area contributed by atoms with Crippen molar-refractivity contribution >= 4 is 12.1 Å². The number of amides is 1. The number of hydrogen-bond donors (Lipinski definition) is 1. The van der Waals surface area contributed by atoms with Crippen molar-refractivity contribution in [1.29, 1.82) is 0 Å². The summed E-state index contributed by atoms with van der Waals surface area (Å²) < 4.78 is 26.6. The van der Waals surface area contributed by atoms with Gasteiger partial charge in [0.25, 0.3) is 6.29 Å². The molecule has 122 valence electrons. The first-order valence-corrected chi connectivity index (χ1v) is 7.06. The van der Waals surface area contributed by atoms with Crippen LogP contribution in [0.2, 0.25) is 0 Å². The van der Waals surface area contributed by atoms with E-state index in [0.29, 0.717) is 18.6 Å². The summed E-state index contributed by atoms with van der Waals surface area (Å²) in [5.74, 6) is -0.902. The Labute approximate surface area is 127 Å². The van der Waals surface area contributed by atoms with Crippen LogP contribution in [-0.2, 0) is 28.5 Å². The smallest absolute Gasteiger partial charge is 0.409 e. The number of epoxide rings is 1. The third-order valence-corrected chi connectivity index (χ3v) is 4.56. The van der Waals surface area contributed by atoms with E-state index in [0.717, 1.165) is 0 Å². The Morgan fingerprint density at radius 2 is 2.23 bits per heavy atom. The van der Waals surface area contributed by atoms with Crippen LogP contribution >= 0.6 is 0 Å². The summed E-state index contributed by atoms with van der Waals surface area (Å²) in [6.45, 7) is 0.351. The molecule has 1 amide bonds. The van der Waals surface area contributed by atoms with Crippen LogP contribution in [-0.4, -0.2) is 57.9 Å². The molecule has 0 aromatic rings. The van der Waals surface area contributed by atoms with Gasteiger partial charge in [0.1, 0.15) is 5.60 Å². The summed E-state index contributed by atoms with van der Waals surface area (Å²) in [4.78, 5) is 23.4. The van der Waals surface area contributed by atoms with E-state index in [1.54, 1.807) is 7.11 Å². The summed E-state index contributed by atoms with van der Waals surface area (Å²) in [6.07, 6.45) is 0.502. The minimum atomic E-state index is -0.832. The lowest BCUT2D eigenvalue weighted by Crippen LogP contribution is -2.46. The molecule has 1 saturated carbocycles. The van der Waals surface area contributed by atoms with Crippen molar-refractivity contribution in [1.82, 2.24) is 5.32 Å².